The minimum absolute atomic E-state index is 0.121. The highest BCUT2D eigenvalue weighted by atomic mass is 16.5. The van der Waals surface area contributed by atoms with Crippen molar-refractivity contribution in [2.24, 2.45) is 0 Å². The summed E-state index contributed by atoms with van der Waals surface area (Å²) in [6, 6.07) is 22.6. The fourth-order valence-corrected chi connectivity index (χ4v) is 4.53. The van der Waals surface area contributed by atoms with Gasteiger partial charge >= 0.3 is 0 Å². The van der Waals surface area contributed by atoms with Crippen LogP contribution < -0.4 is 19.7 Å². The zero-order valence-corrected chi connectivity index (χ0v) is 20.9. The molecule has 0 spiro atoms. The van der Waals surface area contributed by atoms with Gasteiger partial charge in [-0.15, -0.1) is 0 Å². The maximum absolute atomic E-state index is 13.6. The topological polar surface area (TPSA) is 84.3 Å². The molecule has 8 heteroatoms. The Hall–Kier alpha value is -4.46. The van der Waals surface area contributed by atoms with Gasteiger partial charge in [0.25, 0.3) is 11.8 Å². The van der Waals surface area contributed by atoms with E-state index in [-0.39, 0.29) is 24.2 Å². The molecule has 8 nitrogen and oxygen atoms in total. The highest BCUT2D eigenvalue weighted by molar-refractivity contribution is 6.11. The zero-order chi connectivity index (χ0) is 25.8. The monoisotopic (exact) mass is 499 g/mol. The molecule has 0 bridgehead atoms. The number of piperazine rings is 1. The van der Waals surface area contributed by atoms with Crippen LogP contribution in [0.15, 0.2) is 77.2 Å². The highest BCUT2D eigenvalue weighted by Gasteiger charge is 2.29. The van der Waals surface area contributed by atoms with Crippen molar-refractivity contribution in [2.75, 3.05) is 50.1 Å². The first kappa shape index (κ1) is 24.2. The average Bonchev–Trinajstić information content (AvgIpc) is 3.30. The number of nitrogens with zero attached hydrogens (tertiary/aromatic N) is 2. The van der Waals surface area contributed by atoms with Gasteiger partial charge in [0.05, 0.1) is 12.8 Å². The first-order valence-electron chi connectivity index (χ1n) is 12.2. The lowest BCUT2D eigenvalue weighted by Crippen LogP contribution is -2.49. The standard InChI is InChI=1S/C29H29N3O5/c1-20-8-7-9-21(18-20)36-19-26(33)30-27-22-10-3-5-12-24(22)37-28(27)29(34)32-16-14-31(15-17-32)23-11-4-6-13-25(23)35-2/h3-13,18H,14-17,19H2,1-2H3,(H,30,33). The van der Waals surface area contributed by atoms with Crippen LogP contribution in [-0.2, 0) is 4.79 Å². The SMILES string of the molecule is COc1ccccc1N1CCN(C(=O)c2oc3ccccc3c2NC(=O)COc2cccc(C)c2)CC1. The lowest BCUT2D eigenvalue weighted by molar-refractivity contribution is -0.118. The number of carbonyl (C=O) groups is 2. The first-order chi connectivity index (χ1) is 18.0. The van der Waals surface area contributed by atoms with Crippen molar-refractivity contribution in [1.82, 2.24) is 4.90 Å². The van der Waals surface area contributed by atoms with Crippen LogP contribution in [0.4, 0.5) is 11.4 Å². The average molecular weight is 500 g/mol. The molecule has 0 aliphatic carbocycles. The number of aryl methyl sites for hydroxylation is 1. The molecule has 0 saturated carbocycles. The molecule has 1 aromatic heterocycles. The van der Waals surface area contributed by atoms with Crippen LogP contribution in [-0.4, -0.2) is 56.6 Å². The number of hydrogen-bond acceptors (Lipinski definition) is 6. The molecular weight excluding hydrogens is 470 g/mol. The predicted octanol–water partition coefficient (Wildman–Crippen LogP) is 4.73. The molecule has 1 aliphatic heterocycles. The second kappa shape index (κ2) is 10.7. The number of carbonyl (C=O) groups excluding carboxylic acids is 2. The van der Waals surface area contributed by atoms with Crippen molar-refractivity contribution in [3.05, 3.63) is 84.1 Å². The van der Waals surface area contributed by atoms with Crippen molar-refractivity contribution < 1.29 is 23.5 Å². The smallest absolute Gasteiger partial charge is 0.291 e. The van der Waals surface area contributed by atoms with Crippen LogP contribution >= 0.6 is 0 Å². The molecule has 1 saturated heterocycles. The summed E-state index contributed by atoms with van der Waals surface area (Å²) in [6.07, 6.45) is 0. The summed E-state index contributed by atoms with van der Waals surface area (Å²) >= 11 is 0. The maximum atomic E-state index is 13.6. The van der Waals surface area contributed by atoms with E-state index in [1.54, 1.807) is 24.1 Å². The summed E-state index contributed by atoms with van der Waals surface area (Å²) in [4.78, 5) is 30.3. The Kier molecular flexibility index (Phi) is 6.98. The van der Waals surface area contributed by atoms with E-state index in [1.165, 1.54) is 0 Å². The number of para-hydroxylation sites is 3. The minimum atomic E-state index is -0.372. The Morgan fingerprint density at radius 3 is 2.49 bits per heavy atom. The third kappa shape index (κ3) is 5.23. The number of fused-ring (bicyclic) bond motifs is 1. The van der Waals surface area contributed by atoms with Gasteiger partial charge in [-0.25, -0.2) is 0 Å². The predicted molar refractivity (Wildman–Crippen MR) is 143 cm³/mol. The van der Waals surface area contributed by atoms with E-state index in [9.17, 15) is 9.59 Å². The fourth-order valence-electron chi connectivity index (χ4n) is 4.53. The van der Waals surface area contributed by atoms with Crippen LogP contribution in [0.3, 0.4) is 0 Å². The maximum Gasteiger partial charge on any atom is 0.291 e. The number of nitrogens with one attached hydrogen (secondary N) is 1. The summed E-state index contributed by atoms with van der Waals surface area (Å²) in [5.74, 6) is 0.901. The highest BCUT2D eigenvalue weighted by Crippen LogP contribution is 2.33. The second-order valence-corrected chi connectivity index (χ2v) is 8.91. The van der Waals surface area contributed by atoms with E-state index >= 15 is 0 Å². The number of furan rings is 1. The molecular formula is C29H29N3O5. The number of amides is 2. The number of methoxy groups -OCH3 is 1. The Morgan fingerprint density at radius 1 is 0.946 bits per heavy atom. The molecule has 1 N–H and O–H groups in total. The largest absolute Gasteiger partial charge is 0.495 e. The molecule has 0 atom stereocenters. The number of ether oxygens (including phenoxy) is 2. The summed E-state index contributed by atoms with van der Waals surface area (Å²) in [6.45, 7) is 4.10. The quantitative estimate of drug-likeness (QED) is 0.396. The first-order valence-corrected chi connectivity index (χ1v) is 12.2. The van der Waals surface area contributed by atoms with Crippen LogP contribution in [0.5, 0.6) is 11.5 Å². The van der Waals surface area contributed by atoms with Gasteiger partial charge in [-0.1, -0.05) is 36.4 Å². The van der Waals surface area contributed by atoms with Crippen molar-refractivity contribution in [1.29, 1.82) is 0 Å². The Morgan fingerprint density at radius 2 is 1.70 bits per heavy atom. The zero-order valence-electron chi connectivity index (χ0n) is 20.9. The van der Waals surface area contributed by atoms with Crippen molar-refractivity contribution in [3.8, 4) is 11.5 Å². The van der Waals surface area contributed by atoms with Crippen LogP contribution in [0.2, 0.25) is 0 Å². The molecule has 37 heavy (non-hydrogen) atoms. The van der Waals surface area contributed by atoms with Gasteiger partial charge in [0.2, 0.25) is 5.76 Å². The van der Waals surface area contributed by atoms with E-state index in [1.807, 2.05) is 67.6 Å². The third-order valence-electron chi connectivity index (χ3n) is 6.41. The van der Waals surface area contributed by atoms with Crippen LogP contribution in [0.25, 0.3) is 11.0 Å². The fraction of sp³-hybridized carbons (Fsp3) is 0.241. The van der Waals surface area contributed by atoms with Gasteiger partial charge < -0.3 is 29.0 Å². The third-order valence-corrected chi connectivity index (χ3v) is 6.41. The van der Waals surface area contributed by atoms with Gasteiger partial charge in [-0.3, -0.25) is 9.59 Å². The molecule has 3 aromatic carbocycles. The molecule has 0 unspecified atom stereocenters. The summed E-state index contributed by atoms with van der Waals surface area (Å²) in [7, 11) is 1.65. The summed E-state index contributed by atoms with van der Waals surface area (Å²) < 4.78 is 17.1. The van der Waals surface area contributed by atoms with Crippen molar-refractivity contribution >= 4 is 34.2 Å². The minimum Gasteiger partial charge on any atom is -0.495 e. The number of anilines is 2. The van der Waals surface area contributed by atoms with E-state index < -0.39 is 0 Å². The summed E-state index contributed by atoms with van der Waals surface area (Å²) in [5, 5.41) is 3.52. The van der Waals surface area contributed by atoms with Crippen LogP contribution in [0.1, 0.15) is 16.1 Å². The Balaban J connectivity index is 1.31. The molecule has 2 heterocycles. The molecule has 4 aromatic rings. The normalized spacial score (nSPS) is 13.5. The Bertz CT molecular complexity index is 1420. The van der Waals surface area contributed by atoms with Gasteiger partial charge in [0.1, 0.15) is 22.8 Å². The number of benzene rings is 3. The number of hydrogen-bond donors (Lipinski definition) is 1. The summed E-state index contributed by atoms with van der Waals surface area (Å²) in [5.41, 5.74) is 2.94. The molecule has 2 amide bonds. The molecule has 190 valence electrons. The molecule has 0 radical (unpaired) electrons. The Labute approximate surface area is 215 Å². The molecule has 1 aliphatic rings. The van der Waals surface area contributed by atoms with E-state index in [2.05, 4.69) is 10.2 Å². The van der Waals surface area contributed by atoms with E-state index in [4.69, 9.17) is 13.9 Å². The second-order valence-electron chi connectivity index (χ2n) is 8.91. The van der Waals surface area contributed by atoms with Crippen molar-refractivity contribution in [2.45, 2.75) is 6.92 Å². The van der Waals surface area contributed by atoms with Gasteiger partial charge in [-0.05, 0) is 48.9 Å². The van der Waals surface area contributed by atoms with Gasteiger partial charge in [0.15, 0.2) is 6.61 Å². The van der Waals surface area contributed by atoms with Gasteiger partial charge in [0, 0.05) is 31.6 Å². The number of rotatable bonds is 7. The van der Waals surface area contributed by atoms with Gasteiger partial charge in [-0.2, -0.15) is 0 Å². The molecule has 1 fully saturated rings. The van der Waals surface area contributed by atoms with Crippen molar-refractivity contribution in [3.63, 3.8) is 0 Å². The molecule has 5 rings (SSSR count). The van der Waals surface area contributed by atoms with E-state index in [0.29, 0.717) is 48.6 Å². The van der Waals surface area contributed by atoms with E-state index in [0.717, 1.165) is 17.0 Å². The lowest BCUT2D eigenvalue weighted by Gasteiger charge is -2.36. The van der Waals surface area contributed by atoms with Crippen LogP contribution in [0, 0.1) is 6.92 Å². The lowest BCUT2D eigenvalue weighted by atomic mass is 10.2.